The van der Waals surface area contributed by atoms with Crippen LogP contribution in [0.3, 0.4) is 0 Å². The third-order valence-electron chi connectivity index (χ3n) is 7.50. The molecule has 2 aromatic rings. The summed E-state index contributed by atoms with van der Waals surface area (Å²) < 4.78 is 25.2. The van der Waals surface area contributed by atoms with Gasteiger partial charge in [-0.1, -0.05) is 64.4 Å². The third-order valence-corrected chi connectivity index (χ3v) is 9.43. The summed E-state index contributed by atoms with van der Waals surface area (Å²) in [7, 11) is -3.89. The van der Waals surface area contributed by atoms with E-state index in [2.05, 4.69) is 5.32 Å². The number of hydrogen-bond donors (Lipinski definition) is 2. The largest absolute Gasteiger partial charge is 0.384 e. The number of likely N-dealkylation sites (tertiary alicyclic amines) is 1. The van der Waals surface area contributed by atoms with Gasteiger partial charge in [-0.3, -0.25) is 14.4 Å². The molecule has 0 spiro atoms. The smallest absolute Gasteiger partial charge is 0.251 e. The predicted molar refractivity (Wildman–Crippen MR) is 150 cm³/mol. The number of Topliss-reactive ketones (excluding diaryl/α,β-unsaturated/α-hetero) is 1. The van der Waals surface area contributed by atoms with Gasteiger partial charge < -0.3 is 15.3 Å². The van der Waals surface area contributed by atoms with Crippen LogP contribution < -0.4 is 5.32 Å². The van der Waals surface area contributed by atoms with E-state index >= 15 is 0 Å². The standard InChI is InChI=1S/C29H37ClN2O6S/c1-6-23(33)17-39(37,38)24-9-7-8-20(16-24)26(34)31-25(19(2)3)27(35)32-15-14-29(36,28(4,5)18-32)21-10-12-22(30)13-11-21/h7-13,16,19,25,36H,6,14-15,17-18H2,1-5H3,(H,31,34)/t25-,29+/m1/s1. The van der Waals surface area contributed by atoms with Crippen LogP contribution in [0.2, 0.25) is 5.02 Å². The van der Waals surface area contributed by atoms with Crippen molar-refractivity contribution in [3.8, 4) is 0 Å². The third kappa shape index (κ3) is 6.70. The molecule has 2 N–H and O–H groups in total. The summed E-state index contributed by atoms with van der Waals surface area (Å²) in [5.74, 6) is -2.16. The number of halogens is 1. The predicted octanol–water partition coefficient (Wildman–Crippen LogP) is 3.99. The lowest BCUT2D eigenvalue weighted by Gasteiger charge is -2.51. The maximum atomic E-state index is 13.6. The van der Waals surface area contributed by atoms with Gasteiger partial charge in [0.25, 0.3) is 5.91 Å². The number of ketones is 1. The zero-order valence-electron chi connectivity index (χ0n) is 23.0. The maximum Gasteiger partial charge on any atom is 0.251 e. The van der Waals surface area contributed by atoms with Crippen LogP contribution in [0.15, 0.2) is 53.4 Å². The van der Waals surface area contributed by atoms with Crippen molar-refractivity contribution in [3.63, 3.8) is 0 Å². The highest BCUT2D eigenvalue weighted by Gasteiger charge is 2.50. The van der Waals surface area contributed by atoms with Crippen LogP contribution in [0.4, 0.5) is 0 Å². The number of carbonyl (C=O) groups is 3. The van der Waals surface area contributed by atoms with Crippen LogP contribution in [0.25, 0.3) is 0 Å². The van der Waals surface area contributed by atoms with E-state index in [0.717, 1.165) is 5.56 Å². The lowest BCUT2D eigenvalue weighted by atomic mass is 9.66. The summed E-state index contributed by atoms with van der Waals surface area (Å²) in [6.07, 6.45) is 0.407. The molecule has 212 valence electrons. The van der Waals surface area contributed by atoms with Crippen LogP contribution in [0.5, 0.6) is 0 Å². The van der Waals surface area contributed by atoms with Gasteiger partial charge in [0.15, 0.2) is 9.84 Å². The van der Waals surface area contributed by atoms with Gasteiger partial charge in [-0.2, -0.15) is 0 Å². The first-order chi connectivity index (χ1) is 18.1. The van der Waals surface area contributed by atoms with E-state index in [4.69, 9.17) is 11.6 Å². The van der Waals surface area contributed by atoms with Crippen molar-refractivity contribution in [1.29, 1.82) is 0 Å². The molecule has 0 aliphatic carbocycles. The lowest BCUT2D eigenvalue weighted by Crippen LogP contribution is -2.60. The molecule has 8 nitrogen and oxygen atoms in total. The Kier molecular flexibility index (Phi) is 9.30. The van der Waals surface area contributed by atoms with Crippen LogP contribution in [0.1, 0.15) is 63.4 Å². The highest BCUT2D eigenvalue weighted by Crippen LogP contribution is 2.46. The van der Waals surface area contributed by atoms with E-state index in [-0.39, 0.29) is 35.2 Å². The van der Waals surface area contributed by atoms with Crippen molar-refractivity contribution in [2.75, 3.05) is 18.8 Å². The Morgan fingerprint density at radius 3 is 2.31 bits per heavy atom. The van der Waals surface area contributed by atoms with Gasteiger partial charge in [0, 0.05) is 35.5 Å². The molecule has 0 saturated carbocycles. The van der Waals surface area contributed by atoms with Gasteiger partial charge in [-0.05, 0) is 48.2 Å². The number of sulfone groups is 1. The fourth-order valence-electron chi connectivity index (χ4n) is 4.93. The molecule has 3 rings (SSSR count). The fraction of sp³-hybridized carbons (Fsp3) is 0.483. The number of benzene rings is 2. The van der Waals surface area contributed by atoms with Crippen LogP contribution in [-0.2, 0) is 25.0 Å². The van der Waals surface area contributed by atoms with E-state index < -0.39 is 44.3 Å². The molecule has 1 heterocycles. The summed E-state index contributed by atoms with van der Waals surface area (Å²) >= 11 is 6.03. The highest BCUT2D eigenvalue weighted by atomic mass is 35.5. The van der Waals surface area contributed by atoms with Gasteiger partial charge in [-0.25, -0.2) is 8.42 Å². The Bertz CT molecular complexity index is 1340. The number of nitrogens with zero attached hydrogens (tertiary/aromatic N) is 1. The SMILES string of the molecule is CCC(=O)CS(=O)(=O)c1cccc(C(=O)N[C@@H](C(=O)N2CC[C@](O)(c3ccc(Cl)cc3)C(C)(C)C2)C(C)C)c1. The molecular formula is C29H37ClN2O6S. The molecule has 1 saturated heterocycles. The van der Waals surface area contributed by atoms with Gasteiger partial charge in [0.2, 0.25) is 5.91 Å². The zero-order chi connectivity index (χ0) is 29.2. The second-order valence-corrected chi connectivity index (χ2v) is 13.6. The first-order valence-electron chi connectivity index (χ1n) is 13.0. The Hall–Kier alpha value is -2.75. The van der Waals surface area contributed by atoms with Crippen molar-refractivity contribution >= 4 is 39.0 Å². The zero-order valence-corrected chi connectivity index (χ0v) is 24.6. The summed E-state index contributed by atoms with van der Waals surface area (Å²) in [4.78, 5) is 40.1. The first-order valence-corrected chi connectivity index (χ1v) is 15.1. The van der Waals surface area contributed by atoms with E-state index in [1.807, 2.05) is 27.7 Å². The lowest BCUT2D eigenvalue weighted by molar-refractivity contribution is -0.155. The van der Waals surface area contributed by atoms with Gasteiger partial charge in [0.05, 0.1) is 10.5 Å². The van der Waals surface area contributed by atoms with E-state index in [9.17, 15) is 27.9 Å². The van der Waals surface area contributed by atoms with E-state index in [1.54, 1.807) is 36.1 Å². The molecule has 1 aliphatic rings. The molecule has 0 radical (unpaired) electrons. The minimum atomic E-state index is -3.89. The Balaban J connectivity index is 1.78. The number of hydrogen-bond acceptors (Lipinski definition) is 6. The molecule has 39 heavy (non-hydrogen) atoms. The molecule has 2 amide bonds. The number of carbonyl (C=O) groups excluding carboxylic acids is 3. The first kappa shape index (κ1) is 30.8. The second kappa shape index (κ2) is 11.8. The number of nitrogens with one attached hydrogen (secondary N) is 1. The minimum Gasteiger partial charge on any atom is -0.384 e. The maximum absolute atomic E-state index is 13.6. The summed E-state index contributed by atoms with van der Waals surface area (Å²) in [5, 5.41) is 15.0. The van der Waals surface area contributed by atoms with Crippen molar-refractivity contribution in [3.05, 3.63) is 64.7 Å². The molecule has 0 unspecified atom stereocenters. The number of amides is 2. The Labute approximate surface area is 235 Å². The molecule has 2 aromatic carbocycles. The molecule has 1 fully saturated rings. The minimum absolute atomic E-state index is 0.0783. The van der Waals surface area contributed by atoms with Gasteiger partial charge >= 0.3 is 0 Å². The van der Waals surface area contributed by atoms with Crippen LogP contribution in [-0.4, -0.2) is 60.9 Å². The molecule has 1 aliphatic heterocycles. The van der Waals surface area contributed by atoms with Gasteiger partial charge in [0.1, 0.15) is 17.6 Å². The van der Waals surface area contributed by atoms with E-state index in [1.165, 1.54) is 24.3 Å². The van der Waals surface area contributed by atoms with Crippen LogP contribution >= 0.6 is 11.6 Å². The van der Waals surface area contributed by atoms with Crippen molar-refractivity contribution < 1.29 is 27.9 Å². The summed E-state index contributed by atoms with van der Waals surface area (Å²) in [6.45, 7) is 9.59. The van der Waals surface area contributed by atoms with Crippen LogP contribution in [0, 0.1) is 11.3 Å². The van der Waals surface area contributed by atoms with Crippen molar-refractivity contribution in [2.24, 2.45) is 11.3 Å². The molecular weight excluding hydrogens is 540 g/mol. The monoisotopic (exact) mass is 576 g/mol. The number of rotatable bonds is 9. The Morgan fingerprint density at radius 1 is 1.10 bits per heavy atom. The number of aliphatic hydroxyl groups is 1. The topological polar surface area (TPSA) is 121 Å². The Morgan fingerprint density at radius 2 is 1.74 bits per heavy atom. The fourth-order valence-corrected chi connectivity index (χ4v) is 6.45. The number of piperidine rings is 1. The molecule has 0 bridgehead atoms. The summed E-state index contributed by atoms with van der Waals surface area (Å²) in [6, 6.07) is 11.7. The molecule has 0 aromatic heterocycles. The molecule has 2 atom stereocenters. The highest BCUT2D eigenvalue weighted by molar-refractivity contribution is 7.92. The normalized spacial score (nSPS) is 19.9. The molecule has 10 heteroatoms. The summed E-state index contributed by atoms with van der Waals surface area (Å²) in [5.41, 5.74) is -1.06. The van der Waals surface area contributed by atoms with E-state index in [0.29, 0.717) is 18.0 Å². The quantitative estimate of drug-likeness (QED) is 0.465. The van der Waals surface area contributed by atoms with Gasteiger partial charge in [-0.15, -0.1) is 0 Å². The average molecular weight is 577 g/mol. The average Bonchev–Trinajstić information content (AvgIpc) is 2.88. The van der Waals surface area contributed by atoms with Crippen molar-refractivity contribution in [2.45, 2.75) is 64.0 Å². The van der Waals surface area contributed by atoms with Crippen molar-refractivity contribution in [1.82, 2.24) is 10.2 Å². The second-order valence-electron chi connectivity index (χ2n) is 11.1.